The zero-order valence-corrected chi connectivity index (χ0v) is 30.1. The van der Waals surface area contributed by atoms with Gasteiger partial charge in [-0.2, -0.15) is 0 Å². The van der Waals surface area contributed by atoms with Crippen molar-refractivity contribution >= 4 is 34.8 Å². The van der Waals surface area contributed by atoms with Crippen LogP contribution < -0.4 is 15.1 Å². The van der Waals surface area contributed by atoms with E-state index in [0.717, 1.165) is 0 Å². The number of ether oxygens (including phenoxy) is 6. The minimum Gasteiger partial charge on any atom is -0.496 e. The van der Waals surface area contributed by atoms with Crippen molar-refractivity contribution in [1.82, 2.24) is 0 Å². The van der Waals surface area contributed by atoms with Crippen LogP contribution in [0.5, 0.6) is 11.5 Å². The Hall–Kier alpha value is -4.13. The molecule has 6 atom stereocenters. The van der Waals surface area contributed by atoms with Gasteiger partial charge in [0.2, 0.25) is 11.2 Å². The van der Waals surface area contributed by atoms with Crippen molar-refractivity contribution in [1.29, 1.82) is 0 Å². The molecule has 4 bridgehead atoms. The number of carbonyl (C=O) groups is 4. The molecule has 1 aromatic heterocycles. The molecule has 13 heteroatoms. The second-order valence-corrected chi connectivity index (χ2v) is 16.6. The zero-order valence-electron chi connectivity index (χ0n) is 30.1. The van der Waals surface area contributed by atoms with Crippen molar-refractivity contribution in [2.45, 2.75) is 124 Å². The van der Waals surface area contributed by atoms with Gasteiger partial charge < -0.3 is 37.9 Å². The van der Waals surface area contributed by atoms with Crippen molar-refractivity contribution < 1.29 is 57.1 Å². The quantitative estimate of drug-likeness (QED) is 0.254. The molecule has 7 rings (SSSR count). The fourth-order valence-corrected chi connectivity index (χ4v) is 9.25. The lowest BCUT2D eigenvalue weighted by atomic mass is 9.66. The van der Waals surface area contributed by atoms with Gasteiger partial charge in [0.05, 0.1) is 41.1 Å². The zero-order chi connectivity index (χ0) is 36.8. The highest BCUT2D eigenvalue weighted by Crippen LogP contribution is 2.68. The first kappa shape index (κ1) is 34.3. The minimum absolute atomic E-state index is 0.00161. The Kier molecular flexibility index (Phi) is 6.87. The third kappa shape index (κ3) is 3.74. The molecule has 5 aliphatic rings. The number of aliphatic hydroxyl groups is 1. The van der Waals surface area contributed by atoms with E-state index < -0.39 is 86.8 Å². The number of hydrogen-bond donors (Lipinski definition) is 1. The fraction of sp³-hybridized carbons (Fsp3) is 0.649. The summed E-state index contributed by atoms with van der Waals surface area (Å²) < 4.78 is 42.4. The van der Waals surface area contributed by atoms with E-state index in [4.69, 9.17) is 32.8 Å². The molecule has 3 aliphatic heterocycles. The number of fused-ring (bicyclic) bond motifs is 7. The summed E-state index contributed by atoms with van der Waals surface area (Å²) in [5.74, 6) is -2.32. The summed E-state index contributed by atoms with van der Waals surface area (Å²) in [5.41, 5.74) is -8.93. The van der Waals surface area contributed by atoms with Gasteiger partial charge in [-0.15, -0.1) is 0 Å². The fourth-order valence-electron chi connectivity index (χ4n) is 9.25. The summed E-state index contributed by atoms with van der Waals surface area (Å²) >= 11 is 0. The third-order valence-corrected chi connectivity index (χ3v) is 13.8. The van der Waals surface area contributed by atoms with Crippen LogP contribution in [0.4, 0.5) is 0 Å². The van der Waals surface area contributed by atoms with E-state index in [-0.39, 0.29) is 41.1 Å². The van der Waals surface area contributed by atoms with Gasteiger partial charge in [-0.1, -0.05) is 27.7 Å². The molecule has 4 fully saturated rings. The van der Waals surface area contributed by atoms with Crippen LogP contribution in [0.1, 0.15) is 104 Å². The standard InChI is InChI=1S/C37H44O13/c1-17-18(16-38)26(39)45-23-21(17)19(44-10)15-20-22(23)24(46-29(42)36-13-11-34(8,27(40)49-36)32(36,4)5)25(31(2,3)48-20)47-30(43)37-14-12-35(9,28(41)50-37)33(37,6)7/h15,24-25,38H,11-14,16H2,1-10H3/t24-,25-,34?,35?,36?,37?/m1/s1. The number of aryl methyl sites for hydroxylation is 1. The molecule has 1 N–H and O–H groups in total. The highest BCUT2D eigenvalue weighted by Gasteiger charge is 2.78. The maximum Gasteiger partial charge on any atom is 0.351 e. The summed E-state index contributed by atoms with van der Waals surface area (Å²) in [6.45, 7) is 15.0. The molecule has 0 radical (unpaired) electrons. The van der Waals surface area contributed by atoms with E-state index in [1.54, 1.807) is 68.4 Å². The van der Waals surface area contributed by atoms with Gasteiger partial charge in [-0.05, 0) is 65.9 Å². The molecule has 2 aliphatic carbocycles. The van der Waals surface area contributed by atoms with Gasteiger partial charge in [-0.25, -0.2) is 14.4 Å². The topological polar surface area (TPSA) is 174 Å². The predicted octanol–water partition coefficient (Wildman–Crippen LogP) is 4.51. The first-order chi connectivity index (χ1) is 23.1. The Morgan fingerprint density at radius 2 is 1.34 bits per heavy atom. The van der Waals surface area contributed by atoms with E-state index >= 15 is 0 Å². The number of hydrogen-bond acceptors (Lipinski definition) is 13. The average molecular weight is 697 g/mol. The van der Waals surface area contributed by atoms with Gasteiger partial charge in [0.1, 0.15) is 17.1 Å². The number of rotatable bonds is 6. The Morgan fingerprint density at radius 1 is 0.820 bits per heavy atom. The van der Waals surface area contributed by atoms with E-state index in [0.29, 0.717) is 23.8 Å². The molecule has 270 valence electrons. The molecule has 13 nitrogen and oxygen atoms in total. The van der Waals surface area contributed by atoms with E-state index in [1.807, 2.05) is 0 Å². The highest BCUT2D eigenvalue weighted by atomic mass is 16.7. The molecular weight excluding hydrogens is 652 g/mol. The third-order valence-electron chi connectivity index (χ3n) is 13.8. The SMILES string of the molecule is COc1cc2c(c3oc(=O)c(CO)c(C)c13)[C@@H](OC(=O)C13CCC(C)(C(=O)O1)C3(C)C)[C@@H](OC(=O)C13CCC(C)(C(=O)O1)C3(C)C)C(C)(C)O2. The molecule has 1 aromatic carbocycles. The van der Waals surface area contributed by atoms with Crippen LogP contribution in [-0.2, 0) is 44.7 Å². The predicted molar refractivity (Wildman–Crippen MR) is 173 cm³/mol. The molecule has 50 heavy (non-hydrogen) atoms. The summed E-state index contributed by atoms with van der Waals surface area (Å²) in [4.78, 5) is 68.6. The Balaban J connectivity index is 1.42. The maximum absolute atomic E-state index is 14.6. The summed E-state index contributed by atoms with van der Waals surface area (Å²) in [7, 11) is 1.42. The number of carbonyl (C=O) groups excluding carboxylic acids is 4. The largest absolute Gasteiger partial charge is 0.496 e. The van der Waals surface area contributed by atoms with E-state index in [1.165, 1.54) is 7.11 Å². The van der Waals surface area contributed by atoms with Gasteiger partial charge in [0, 0.05) is 16.9 Å². The van der Waals surface area contributed by atoms with Gasteiger partial charge in [0.25, 0.3) is 0 Å². The van der Waals surface area contributed by atoms with Crippen molar-refractivity contribution in [3.63, 3.8) is 0 Å². The van der Waals surface area contributed by atoms with Crippen molar-refractivity contribution in [3.8, 4) is 11.5 Å². The molecule has 2 saturated heterocycles. The minimum atomic E-state index is -1.66. The van der Waals surface area contributed by atoms with Crippen LogP contribution in [0.15, 0.2) is 15.3 Å². The summed E-state index contributed by atoms with van der Waals surface area (Å²) in [6, 6.07) is 1.56. The second kappa shape index (κ2) is 10.0. The van der Waals surface area contributed by atoms with Gasteiger partial charge in [-0.3, -0.25) is 9.59 Å². The van der Waals surface area contributed by atoms with Gasteiger partial charge >= 0.3 is 29.5 Å². The second-order valence-electron chi connectivity index (χ2n) is 16.6. The van der Waals surface area contributed by atoms with E-state index in [9.17, 15) is 29.1 Å². The van der Waals surface area contributed by atoms with E-state index in [2.05, 4.69) is 0 Å². The smallest absolute Gasteiger partial charge is 0.351 e. The molecule has 4 unspecified atom stereocenters. The Labute approximate surface area is 288 Å². The van der Waals surface area contributed by atoms with Crippen molar-refractivity contribution in [3.05, 3.63) is 33.2 Å². The lowest BCUT2D eigenvalue weighted by Gasteiger charge is -2.46. The molecule has 0 amide bonds. The van der Waals surface area contributed by atoms with Crippen LogP contribution in [0.2, 0.25) is 0 Å². The maximum atomic E-state index is 14.6. The van der Waals surface area contributed by atoms with Crippen LogP contribution in [-0.4, -0.2) is 59.0 Å². The number of benzene rings is 1. The van der Waals surface area contributed by atoms with Crippen LogP contribution in [0.25, 0.3) is 11.0 Å². The first-order valence-electron chi connectivity index (χ1n) is 17.0. The molecule has 0 spiro atoms. The summed E-state index contributed by atoms with van der Waals surface area (Å²) in [5, 5.41) is 10.3. The van der Waals surface area contributed by atoms with Crippen LogP contribution >= 0.6 is 0 Å². The lowest BCUT2D eigenvalue weighted by Crippen LogP contribution is -2.57. The van der Waals surface area contributed by atoms with Gasteiger partial charge in [0.15, 0.2) is 17.8 Å². The molecule has 2 saturated carbocycles. The Morgan fingerprint density at radius 3 is 1.78 bits per heavy atom. The Bertz CT molecular complexity index is 1970. The monoisotopic (exact) mass is 696 g/mol. The average Bonchev–Trinajstić information content (AvgIpc) is 3.49. The van der Waals surface area contributed by atoms with Crippen LogP contribution in [0, 0.1) is 28.6 Å². The first-order valence-corrected chi connectivity index (χ1v) is 17.0. The number of aliphatic hydroxyl groups excluding tert-OH is 1. The van der Waals surface area contributed by atoms with Crippen LogP contribution in [0.3, 0.4) is 0 Å². The van der Waals surface area contributed by atoms with Crippen molar-refractivity contribution in [2.75, 3.05) is 7.11 Å². The normalized spacial score (nSPS) is 35.3. The lowest BCUT2D eigenvalue weighted by molar-refractivity contribution is -0.217. The van der Waals surface area contributed by atoms with Crippen molar-refractivity contribution in [2.24, 2.45) is 21.7 Å². The summed E-state index contributed by atoms with van der Waals surface area (Å²) in [6.07, 6.45) is -1.66. The highest BCUT2D eigenvalue weighted by molar-refractivity contribution is 5.96. The molecule has 2 aromatic rings. The number of methoxy groups -OCH3 is 1. The molecule has 4 heterocycles. The number of esters is 4. The molecular formula is C37H44O13.